The van der Waals surface area contributed by atoms with Crippen LogP contribution in [0.1, 0.15) is 24.8 Å². The van der Waals surface area contributed by atoms with Gasteiger partial charge >= 0.3 is 0 Å². The molecule has 1 N–H and O–H groups in total. The molecule has 1 atom stereocenters. The monoisotopic (exact) mass is 300 g/mol. The first-order chi connectivity index (χ1) is 7.74. The van der Waals surface area contributed by atoms with Crippen molar-refractivity contribution in [3.8, 4) is 0 Å². The van der Waals surface area contributed by atoms with Crippen LogP contribution in [-0.4, -0.2) is 16.6 Å². The lowest BCUT2D eigenvalue weighted by Crippen LogP contribution is -2.13. The highest BCUT2D eigenvalue weighted by Crippen LogP contribution is 2.29. The van der Waals surface area contributed by atoms with Crippen LogP contribution in [-0.2, 0) is 4.74 Å². The molecule has 1 saturated heterocycles. The predicted octanol–water partition coefficient (Wildman–Crippen LogP) is 2.60. The highest BCUT2D eigenvalue weighted by Gasteiger charge is 2.21. The molecule has 84 valence electrons. The Morgan fingerprint density at radius 1 is 1.62 bits per heavy atom. The molecule has 3 heterocycles. The number of halogens is 1. The largest absolute Gasteiger partial charge is 0.370 e. The second-order valence-electron chi connectivity index (χ2n) is 3.72. The van der Waals surface area contributed by atoms with Crippen LogP contribution in [0.15, 0.2) is 14.6 Å². The van der Waals surface area contributed by atoms with Crippen LogP contribution >= 0.6 is 27.3 Å². The maximum atomic E-state index is 11.8. The number of rotatable bonds is 1. The normalized spacial score (nSPS) is 20.7. The number of aromatic amines is 1. The van der Waals surface area contributed by atoms with Gasteiger partial charge in [0.1, 0.15) is 16.6 Å². The third kappa shape index (κ3) is 1.70. The van der Waals surface area contributed by atoms with E-state index >= 15 is 0 Å². The zero-order valence-corrected chi connectivity index (χ0v) is 10.7. The second-order valence-corrected chi connectivity index (χ2v) is 6.15. The van der Waals surface area contributed by atoms with Crippen molar-refractivity contribution in [1.29, 1.82) is 0 Å². The molecule has 1 fully saturated rings. The highest BCUT2D eigenvalue weighted by atomic mass is 79.9. The van der Waals surface area contributed by atoms with Crippen LogP contribution in [0.3, 0.4) is 0 Å². The molecule has 1 unspecified atom stereocenters. The molecule has 16 heavy (non-hydrogen) atoms. The van der Waals surface area contributed by atoms with Gasteiger partial charge < -0.3 is 9.72 Å². The van der Waals surface area contributed by atoms with Gasteiger partial charge in [-0.1, -0.05) is 0 Å². The van der Waals surface area contributed by atoms with Crippen LogP contribution in [0.4, 0.5) is 0 Å². The summed E-state index contributed by atoms with van der Waals surface area (Å²) in [6.45, 7) is 0.750. The Hall–Kier alpha value is -0.720. The zero-order valence-electron chi connectivity index (χ0n) is 8.33. The Morgan fingerprint density at radius 3 is 3.25 bits per heavy atom. The van der Waals surface area contributed by atoms with E-state index in [-0.39, 0.29) is 11.7 Å². The van der Waals surface area contributed by atoms with Gasteiger partial charge in [-0.05, 0) is 34.8 Å². The number of thiophene rings is 1. The molecule has 1 aliphatic rings. The van der Waals surface area contributed by atoms with Crippen LogP contribution in [0, 0.1) is 0 Å². The van der Waals surface area contributed by atoms with E-state index in [0.717, 1.165) is 28.8 Å². The Bertz CT molecular complexity index is 586. The molecule has 4 nitrogen and oxygen atoms in total. The topological polar surface area (TPSA) is 55.0 Å². The molecular formula is C10H9BrN2O2S. The minimum Gasteiger partial charge on any atom is -0.370 e. The SMILES string of the molecule is O=c1[nH]c(C2CCCO2)nc2cc(Br)sc12. The Morgan fingerprint density at radius 2 is 2.50 bits per heavy atom. The first kappa shape index (κ1) is 10.4. The lowest BCUT2D eigenvalue weighted by molar-refractivity contribution is 0.105. The van der Waals surface area contributed by atoms with E-state index in [4.69, 9.17) is 4.74 Å². The maximum Gasteiger partial charge on any atom is 0.268 e. The number of ether oxygens (including phenoxy) is 1. The Labute approximate surface area is 104 Å². The van der Waals surface area contributed by atoms with E-state index in [0.29, 0.717) is 10.5 Å². The Kier molecular flexibility index (Phi) is 2.57. The van der Waals surface area contributed by atoms with E-state index in [2.05, 4.69) is 25.9 Å². The minimum absolute atomic E-state index is 0.0456. The molecule has 0 bridgehead atoms. The van der Waals surface area contributed by atoms with E-state index in [9.17, 15) is 4.79 Å². The molecule has 0 spiro atoms. The fraction of sp³-hybridized carbons (Fsp3) is 0.400. The average Bonchev–Trinajstić information content (AvgIpc) is 2.84. The molecule has 0 amide bonds. The number of nitrogens with zero attached hydrogens (tertiary/aromatic N) is 1. The van der Waals surface area contributed by atoms with Crippen molar-refractivity contribution in [2.45, 2.75) is 18.9 Å². The third-order valence-electron chi connectivity index (χ3n) is 2.61. The van der Waals surface area contributed by atoms with Crippen molar-refractivity contribution in [2.75, 3.05) is 6.61 Å². The lowest BCUT2D eigenvalue weighted by atomic mass is 10.2. The van der Waals surface area contributed by atoms with E-state index in [1.807, 2.05) is 6.07 Å². The summed E-state index contributed by atoms with van der Waals surface area (Å²) in [7, 11) is 0. The van der Waals surface area contributed by atoms with Gasteiger partial charge in [0, 0.05) is 6.61 Å². The number of H-pyrrole nitrogens is 1. The van der Waals surface area contributed by atoms with Crippen LogP contribution in [0.5, 0.6) is 0 Å². The predicted molar refractivity (Wildman–Crippen MR) is 65.9 cm³/mol. The number of nitrogens with one attached hydrogen (secondary N) is 1. The average molecular weight is 301 g/mol. The zero-order chi connectivity index (χ0) is 11.1. The lowest BCUT2D eigenvalue weighted by Gasteiger charge is -2.07. The van der Waals surface area contributed by atoms with E-state index in [1.165, 1.54) is 11.3 Å². The first-order valence-electron chi connectivity index (χ1n) is 5.05. The summed E-state index contributed by atoms with van der Waals surface area (Å²) in [6.07, 6.45) is 1.91. The highest BCUT2D eigenvalue weighted by molar-refractivity contribution is 9.11. The quantitative estimate of drug-likeness (QED) is 0.881. The fourth-order valence-corrected chi connectivity index (χ4v) is 3.30. The summed E-state index contributed by atoms with van der Waals surface area (Å²) in [5.74, 6) is 0.653. The third-order valence-corrected chi connectivity index (χ3v) is 4.23. The van der Waals surface area contributed by atoms with Crippen LogP contribution < -0.4 is 5.56 Å². The molecule has 2 aromatic rings. The van der Waals surface area contributed by atoms with Gasteiger partial charge in [0.2, 0.25) is 0 Å². The van der Waals surface area contributed by atoms with E-state index in [1.54, 1.807) is 0 Å². The first-order valence-corrected chi connectivity index (χ1v) is 6.66. The maximum absolute atomic E-state index is 11.8. The van der Waals surface area contributed by atoms with Gasteiger partial charge in [0.05, 0.1) is 9.30 Å². The molecular weight excluding hydrogens is 292 g/mol. The summed E-state index contributed by atoms with van der Waals surface area (Å²) in [4.78, 5) is 19.1. The summed E-state index contributed by atoms with van der Waals surface area (Å²) in [5.41, 5.74) is 0.664. The van der Waals surface area contributed by atoms with Crippen molar-refractivity contribution in [1.82, 2.24) is 9.97 Å². The summed E-state index contributed by atoms with van der Waals surface area (Å²) >= 11 is 4.76. The van der Waals surface area contributed by atoms with Crippen molar-refractivity contribution >= 4 is 37.5 Å². The minimum atomic E-state index is -0.0776. The molecule has 0 radical (unpaired) electrons. The molecule has 0 aromatic carbocycles. The molecule has 6 heteroatoms. The Balaban J connectivity index is 2.16. The summed E-state index contributed by atoms with van der Waals surface area (Å²) in [6, 6.07) is 1.87. The number of hydrogen-bond acceptors (Lipinski definition) is 4. The summed E-state index contributed by atoms with van der Waals surface area (Å²) in [5, 5.41) is 0. The van der Waals surface area contributed by atoms with Gasteiger partial charge in [0.15, 0.2) is 0 Å². The number of hydrogen-bond donors (Lipinski definition) is 1. The second kappa shape index (κ2) is 3.94. The van der Waals surface area contributed by atoms with Crippen LogP contribution in [0.25, 0.3) is 10.2 Å². The molecule has 2 aromatic heterocycles. The van der Waals surface area contributed by atoms with Gasteiger partial charge in [-0.2, -0.15) is 0 Å². The van der Waals surface area contributed by atoms with Crippen molar-refractivity contribution in [3.05, 3.63) is 26.0 Å². The molecule has 3 rings (SSSR count). The number of aromatic nitrogens is 2. The smallest absolute Gasteiger partial charge is 0.268 e. The van der Waals surface area contributed by atoms with Gasteiger partial charge in [-0.25, -0.2) is 4.98 Å². The summed E-state index contributed by atoms with van der Waals surface area (Å²) < 4.78 is 7.09. The van der Waals surface area contributed by atoms with Crippen molar-refractivity contribution in [2.24, 2.45) is 0 Å². The van der Waals surface area contributed by atoms with Crippen molar-refractivity contribution in [3.63, 3.8) is 0 Å². The molecule has 1 aliphatic heterocycles. The fourth-order valence-electron chi connectivity index (χ4n) is 1.87. The van der Waals surface area contributed by atoms with Gasteiger partial charge in [-0.15, -0.1) is 11.3 Å². The van der Waals surface area contributed by atoms with Crippen LogP contribution in [0.2, 0.25) is 0 Å². The standard InChI is InChI=1S/C10H9BrN2O2S/c11-7-4-5-8(16-7)10(14)13-9(12-5)6-2-1-3-15-6/h4,6H,1-3H2,(H,12,13,14). The van der Waals surface area contributed by atoms with E-state index < -0.39 is 0 Å². The van der Waals surface area contributed by atoms with Gasteiger partial charge in [0.25, 0.3) is 5.56 Å². The molecule has 0 aliphatic carbocycles. The van der Waals surface area contributed by atoms with Gasteiger partial charge in [-0.3, -0.25) is 4.79 Å². The molecule has 0 saturated carbocycles. The number of fused-ring (bicyclic) bond motifs is 1. The van der Waals surface area contributed by atoms with Crippen molar-refractivity contribution < 1.29 is 4.74 Å².